The van der Waals surface area contributed by atoms with E-state index < -0.39 is 5.41 Å². The molecule has 0 rings (SSSR count). The normalized spacial score (nSPS) is 11.3. The molecule has 0 heterocycles. The molecular formula is C29H58N6O8. The molecule has 0 unspecified atom stereocenters. The van der Waals surface area contributed by atoms with Crippen LogP contribution in [0.15, 0.2) is 0 Å². The Balaban J connectivity index is 5.32. The Labute approximate surface area is 257 Å². The first-order valence-corrected chi connectivity index (χ1v) is 15.6. The highest BCUT2D eigenvalue weighted by atomic mass is 16.5. The molecule has 0 atom stereocenters. The molecule has 0 aliphatic carbocycles. The van der Waals surface area contributed by atoms with Crippen molar-refractivity contribution in [2.45, 2.75) is 64.7 Å². The van der Waals surface area contributed by atoms with E-state index in [0.717, 1.165) is 6.42 Å². The highest BCUT2D eigenvalue weighted by Gasteiger charge is 2.34. The predicted molar refractivity (Wildman–Crippen MR) is 164 cm³/mol. The molecule has 3 amide bonds. The Morgan fingerprint density at radius 2 is 0.930 bits per heavy atom. The largest absolute Gasteiger partial charge is 0.381 e. The Kier molecular flexibility index (Phi) is 27.1. The molecule has 0 aromatic heterocycles. The minimum absolute atomic E-state index is 0.0505. The third-order valence-corrected chi connectivity index (χ3v) is 6.20. The number of ether oxygens (including phenoxy) is 4. The molecule has 0 aliphatic heterocycles. The van der Waals surface area contributed by atoms with Gasteiger partial charge in [-0.1, -0.05) is 6.92 Å². The Morgan fingerprint density at radius 1 is 0.558 bits per heavy atom. The highest BCUT2D eigenvalue weighted by molar-refractivity contribution is 5.79. The van der Waals surface area contributed by atoms with Gasteiger partial charge in [-0.15, -0.1) is 0 Å². The smallest absolute Gasteiger partial charge is 0.222 e. The second-order valence-corrected chi connectivity index (χ2v) is 10.5. The van der Waals surface area contributed by atoms with Gasteiger partial charge >= 0.3 is 0 Å². The number of rotatable bonds is 31. The Bertz CT molecular complexity index is 670. The number of hydrogen-bond acceptors (Lipinski definition) is 11. The second kappa shape index (κ2) is 28.6. The zero-order chi connectivity index (χ0) is 32.0. The van der Waals surface area contributed by atoms with Gasteiger partial charge in [0.2, 0.25) is 17.7 Å². The first kappa shape index (κ1) is 40.8. The SMILES string of the molecule is CCCOCCC(=O)CC(COCCC(=O)NCCCN)(COCCC(=O)NCCCN)COCCC(=O)NCCCN. The molecule has 0 radical (unpaired) electrons. The van der Waals surface area contributed by atoms with Gasteiger partial charge in [0.25, 0.3) is 0 Å². The summed E-state index contributed by atoms with van der Waals surface area (Å²) in [6.45, 7) is 6.47. The van der Waals surface area contributed by atoms with Crippen molar-refractivity contribution in [1.82, 2.24) is 16.0 Å². The fraction of sp³-hybridized carbons (Fsp3) is 0.862. The van der Waals surface area contributed by atoms with Crippen molar-refractivity contribution >= 4 is 23.5 Å². The van der Waals surface area contributed by atoms with Crippen molar-refractivity contribution in [1.29, 1.82) is 0 Å². The quantitative estimate of drug-likeness (QED) is 0.0537. The van der Waals surface area contributed by atoms with Crippen LogP contribution in [0.3, 0.4) is 0 Å². The molecule has 0 spiro atoms. The van der Waals surface area contributed by atoms with E-state index in [1.54, 1.807) is 0 Å². The summed E-state index contributed by atoms with van der Waals surface area (Å²) in [5.41, 5.74) is 15.5. The summed E-state index contributed by atoms with van der Waals surface area (Å²) in [5.74, 6) is -0.517. The standard InChI is InChI=1S/C29H58N6O8/c1-2-16-40-17-6-25(36)21-29(22-41-18-7-26(37)33-13-3-10-30,23-42-19-8-27(38)34-14-4-11-31)24-43-20-9-28(39)35-15-5-12-32/h2-24,30-32H2,1H3,(H,33,37)(H,34,38)(H,35,39). The van der Waals surface area contributed by atoms with Gasteiger partial charge in [-0.2, -0.15) is 0 Å². The van der Waals surface area contributed by atoms with Crippen LogP contribution in [-0.2, 0) is 38.1 Å². The molecule has 252 valence electrons. The van der Waals surface area contributed by atoms with Gasteiger partial charge in [0.15, 0.2) is 0 Å². The second-order valence-electron chi connectivity index (χ2n) is 10.5. The minimum atomic E-state index is -0.899. The Hall–Kier alpha value is -2.20. The average Bonchev–Trinajstić information content (AvgIpc) is 2.98. The van der Waals surface area contributed by atoms with Gasteiger partial charge in [0.05, 0.1) is 46.2 Å². The zero-order valence-corrected chi connectivity index (χ0v) is 26.3. The van der Waals surface area contributed by atoms with Crippen LogP contribution in [-0.4, -0.2) is 116 Å². The van der Waals surface area contributed by atoms with Gasteiger partial charge in [-0.3, -0.25) is 19.2 Å². The van der Waals surface area contributed by atoms with E-state index in [4.69, 9.17) is 36.1 Å². The van der Waals surface area contributed by atoms with Gasteiger partial charge in [-0.25, -0.2) is 0 Å². The van der Waals surface area contributed by atoms with Crippen LogP contribution in [0.2, 0.25) is 0 Å². The van der Waals surface area contributed by atoms with E-state index in [0.29, 0.717) is 71.7 Å². The number of nitrogens with one attached hydrogen (secondary N) is 3. The molecule has 0 saturated carbocycles. The van der Waals surface area contributed by atoms with Crippen LogP contribution in [0.25, 0.3) is 0 Å². The summed E-state index contributed by atoms with van der Waals surface area (Å²) in [5, 5.41) is 8.35. The van der Waals surface area contributed by atoms with E-state index in [9.17, 15) is 19.2 Å². The van der Waals surface area contributed by atoms with Crippen LogP contribution >= 0.6 is 0 Å². The molecule has 14 heteroatoms. The molecule has 43 heavy (non-hydrogen) atoms. The molecular weight excluding hydrogens is 560 g/mol. The fourth-order valence-corrected chi connectivity index (χ4v) is 3.83. The van der Waals surface area contributed by atoms with Gasteiger partial charge in [-0.05, 0) is 45.3 Å². The first-order valence-electron chi connectivity index (χ1n) is 15.6. The third kappa shape index (κ3) is 24.9. The summed E-state index contributed by atoms with van der Waals surface area (Å²) >= 11 is 0. The van der Waals surface area contributed by atoms with Crippen molar-refractivity contribution < 1.29 is 38.1 Å². The van der Waals surface area contributed by atoms with Crippen molar-refractivity contribution in [3.05, 3.63) is 0 Å². The van der Waals surface area contributed by atoms with Crippen molar-refractivity contribution in [3.63, 3.8) is 0 Å². The van der Waals surface area contributed by atoms with Crippen molar-refractivity contribution in [2.24, 2.45) is 22.6 Å². The van der Waals surface area contributed by atoms with Crippen LogP contribution in [0.5, 0.6) is 0 Å². The number of hydrogen-bond donors (Lipinski definition) is 6. The lowest BCUT2D eigenvalue weighted by Gasteiger charge is -2.33. The highest BCUT2D eigenvalue weighted by Crippen LogP contribution is 2.26. The van der Waals surface area contributed by atoms with Crippen LogP contribution < -0.4 is 33.2 Å². The number of Topliss-reactive ketones (excluding diaryl/α,β-unsaturated/α-hetero) is 1. The summed E-state index contributed by atoms with van der Waals surface area (Å²) < 4.78 is 23.2. The summed E-state index contributed by atoms with van der Waals surface area (Å²) in [6, 6.07) is 0. The molecule has 9 N–H and O–H groups in total. The van der Waals surface area contributed by atoms with E-state index in [2.05, 4.69) is 16.0 Å². The molecule has 0 fully saturated rings. The molecule has 0 aromatic carbocycles. The van der Waals surface area contributed by atoms with Gasteiger partial charge in [0, 0.05) is 63.8 Å². The predicted octanol–water partition coefficient (Wildman–Crippen LogP) is -0.636. The summed E-state index contributed by atoms with van der Waals surface area (Å²) in [7, 11) is 0. The maximum atomic E-state index is 13.0. The van der Waals surface area contributed by atoms with E-state index in [1.807, 2.05) is 6.92 Å². The maximum absolute atomic E-state index is 13.0. The van der Waals surface area contributed by atoms with Gasteiger partial charge < -0.3 is 52.1 Å². The lowest BCUT2D eigenvalue weighted by Crippen LogP contribution is -2.40. The monoisotopic (exact) mass is 618 g/mol. The van der Waals surface area contributed by atoms with Crippen molar-refractivity contribution in [3.8, 4) is 0 Å². The molecule has 0 aliphatic rings. The zero-order valence-electron chi connectivity index (χ0n) is 26.3. The maximum Gasteiger partial charge on any atom is 0.222 e. The first-order chi connectivity index (χ1) is 20.8. The van der Waals surface area contributed by atoms with E-state index in [-0.39, 0.29) is 95.3 Å². The summed E-state index contributed by atoms with van der Waals surface area (Å²) in [6.07, 6.45) is 3.65. The fourth-order valence-electron chi connectivity index (χ4n) is 3.83. The molecule has 0 aromatic rings. The molecule has 0 saturated heterocycles. The number of ketones is 1. The molecule has 14 nitrogen and oxygen atoms in total. The Morgan fingerprint density at radius 3 is 1.28 bits per heavy atom. The number of nitrogens with two attached hydrogens (primary N) is 3. The topological polar surface area (TPSA) is 219 Å². The van der Waals surface area contributed by atoms with Crippen LogP contribution in [0, 0.1) is 5.41 Å². The van der Waals surface area contributed by atoms with Crippen molar-refractivity contribution in [2.75, 3.05) is 92.1 Å². The number of carbonyl (C=O) groups is 4. The van der Waals surface area contributed by atoms with Crippen LogP contribution in [0.4, 0.5) is 0 Å². The third-order valence-electron chi connectivity index (χ3n) is 6.20. The minimum Gasteiger partial charge on any atom is -0.381 e. The van der Waals surface area contributed by atoms with Gasteiger partial charge in [0.1, 0.15) is 5.78 Å². The lowest BCUT2D eigenvalue weighted by atomic mass is 9.84. The van der Waals surface area contributed by atoms with Crippen LogP contribution in [0.1, 0.15) is 64.7 Å². The summed E-state index contributed by atoms with van der Waals surface area (Å²) in [4.78, 5) is 49.3. The van der Waals surface area contributed by atoms with E-state index >= 15 is 0 Å². The van der Waals surface area contributed by atoms with E-state index in [1.165, 1.54) is 0 Å². The number of carbonyl (C=O) groups excluding carboxylic acids is 4. The molecule has 0 bridgehead atoms. The average molecular weight is 619 g/mol. The number of amides is 3. The lowest BCUT2D eigenvalue weighted by molar-refractivity contribution is -0.133.